The van der Waals surface area contributed by atoms with Crippen LogP contribution in [0.2, 0.25) is 5.02 Å². The molecular formula is C21H19ClN4O3. The Hall–Kier alpha value is -3.16. The fourth-order valence-corrected chi connectivity index (χ4v) is 3.30. The lowest BCUT2D eigenvalue weighted by atomic mass is 9.86. The molecule has 0 aliphatic carbocycles. The van der Waals surface area contributed by atoms with Gasteiger partial charge in [0, 0.05) is 22.3 Å². The number of nitrogens with one attached hydrogen (secondary N) is 1. The summed E-state index contributed by atoms with van der Waals surface area (Å²) in [6.45, 7) is 0.804. The van der Waals surface area contributed by atoms with Crippen molar-refractivity contribution in [3.05, 3.63) is 70.9 Å². The van der Waals surface area contributed by atoms with E-state index in [0.717, 1.165) is 11.1 Å². The lowest BCUT2D eigenvalue weighted by molar-refractivity contribution is -0.0733. The topological polar surface area (TPSA) is 99.4 Å². The molecule has 0 unspecified atom stereocenters. The van der Waals surface area contributed by atoms with Crippen LogP contribution in [-0.4, -0.2) is 36.2 Å². The highest BCUT2D eigenvalue weighted by atomic mass is 35.5. The zero-order chi connectivity index (χ0) is 20.4. The van der Waals surface area contributed by atoms with E-state index in [1.807, 2.05) is 24.3 Å². The summed E-state index contributed by atoms with van der Waals surface area (Å²) in [5, 5.41) is 3.68. The zero-order valence-electron chi connectivity index (χ0n) is 15.7. The van der Waals surface area contributed by atoms with Crippen LogP contribution < -0.4 is 15.8 Å². The summed E-state index contributed by atoms with van der Waals surface area (Å²) < 4.78 is 10.4. The van der Waals surface area contributed by atoms with E-state index in [9.17, 15) is 4.79 Å². The number of carbonyl (C=O) groups is 1. The first kappa shape index (κ1) is 19.2. The number of methoxy groups -OCH3 is 1. The summed E-state index contributed by atoms with van der Waals surface area (Å²) in [7, 11) is 1.49. The van der Waals surface area contributed by atoms with Crippen LogP contribution in [0.4, 0.5) is 5.82 Å². The number of nitrogen functional groups attached to an aromatic ring is 1. The van der Waals surface area contributed by atoms with Gasteiger partial charge in [-0.15, -0.1) is 0 Å². The van der Waals surface area contributed by atoms with E-state index in [1.54, 1.807) is 30.5 Å². The van der Waals surface area contributed by atoms with Crippen LogP contribution in [0.1, 0.15) is 15.9 Å². The molecule has 0 saturated carbocycles. The molecule has 7 nitrogen and oxygen atoms in total. The lowest BCUT2D eigenvalue weighted by Gasteiger charge is -2.42. The van der Waals surface area contributed by atoms with Gasteiger partial charge in [0.1, 0.15) is 11.4 Å². The number of anilines is 1. The summed E-state index contributed by atoms with van der Waals surface area (Å²) in [6, 6.07) is 14.7. The lowest BCUT2D eigenvalue weighted by Crippen LogP contribution is -2.59. The fraction of sp³-hybridized carbons (Fsp3) is 0.190. The predicted molar refractivity (Wildman–Crippen MR) is 110 cm³/mol. The largest absolute Gasteiger partial charge is 0.467 e. The van der Waals surface area contributed by atoms with Crippen molar-refractivity contribution in [2.75, 3.05) is 26.1 Å². The third-order valence-electron chi connectivity index (χ3n) is 4.88. The quantitative estimate of drug-likeness (QED) is 0.670. The molecule has 1 aromatic heterocycles. The molecule has 1 aliphatic heterocycles. The van der Waals surface area contributed by atoms with Crippen LogP contribution in [-0.2, 0) is 10.3 Å². The van der Waals surface area contributed by atoms with Gasteiger partial charge in [0.15, 0.2) is 0 Å². The number of amides is 1. The van der Waals surface area contributed by atoms with Crippen molar-refractivity contribution in [2.45, 2.75) is 5.54 Å². The molecule has 0 bridgehead atoms. The molecule has 1 fully saturated rings. The Morgan fingerprint density at radius 2 is 1.86 bits per heavy atom. The third kappa shape index (κ3) is 3.74. The van der Waals surface area contributed by atoms with Crippen LogP contribution in [0.5, 0.6) is 6.01 Å². The predicted octanol–water partition coefficient (Wildman–Crippen LogP) is 3.04. The Morgan fingerprint density at radius 1 is 1.17 bits per heavy atom. The molecule has 2 heterocycles. The number of hydrogen-bond donors (Lipinski definition) is 2. The van der Waals surface area contributed by atoms with Crippen molar-refractivity contribution in [3.8, 4) is 17.1 Å². The van der Waals surface area contributed by atoms with E-state index in [1.165, 1.54) is 7.11 Å². The molecule has 0 atom stereocenters. The van der Waals surface area contributed by atoms with Crippen LogP contribution in [0.15, 0.2) is 54.7 Å². The number of hydrogen-bond acceptors (Lipinski definition) is 6. The first-order chi connectivity index (χ1) is 14.0. The molecule has 2 aromatic carbocycles. The maximum Gasteiger partial charge on any atom is 0.318 e. The maximum atomic E-state index is 12.7. The van der Waals surface area contributed by atoms with Crippen LogP contribution >= 0.6 is 11.6 Å². The number of ether oxygens (including phenoxy) is 2. The maximum absolute atomic E-state index is 12.7. The second-order valence-electron chi connectivity index (χ2n) is 6.77. The van der Waals surface area contributed by atoms with Crippen molar-refractivity contribution < 1.29 is 14.3 Å². The van der Waals surface area contributed by atoms with E-state index in [2.05, 4.69) is 15.3 Å². The average Bonchev–Trinajstić information content (AvgIpc) is 2.71. The van der Waals surface area contributed by atoms with Gasteiger partial charge >= 0.3 is 6.01 Å². The minimum absolute atomic E-state index is 0.179. The molecular weight excluding hydrogens is 392 g/mol. The van der Waals surface area contributed by atoms with Gasteiger partial charge in [0.25, 0.3) is 5.91 Å². The van der Waals surface area contributed by atoms with Gasteiger partial charge < -0.3 is 20.5 Å². The standard InChI is InChI=1S/C21H19ClN4O3/c1-28-20-24-10-17(18(23)25-20)13-2-6-15(7-3-13)21(11-29-12-21)26-19(27)14-4-8-16(22)9-5-14/h2-10H,11-12H2,1H3,(H,26,27)(H2,23,24,25). The second kappa shape index (κ2) is 7.69. The van der Waals surface area contributed by atoms with E-state index in [0.29, 0.717) is 35.2 Å². The molecule has 0 spiro atoms. The molecule has 1 aliphatic rings. The molecule has 8 heteroatoms. The van der Waals surface area contributed by atoms with Crippen molar-refractivity contribution in [3.63, 3.8) is 0 Å². The Labute approximate surface area is 172 Å². The summed E-state index contributed by atoms with van der Waals surface area (Å²) in [4.78, 5) is 20.9. The van der Waals surface area contributed by atoms with Gasteiger partial charge in [-0.05, 0) is 35.4 Å². The van der Waals surface area contributed by atoms with Crippen molar-refractivity contribution in [1.82, 2.24) is 15.3 Å². The molecule has 3 N–H and O–H groups in total. The highest BCUT2D eigenvalue weighted by Crippen LogP contribution is 2.33. The highest BCUT2D eigenvalue weighted by molar-refractivity contribution is 6.30. The Kier molecular flexibility index (Phi) is 5.08. The monoisotopic (exact) mass is 410 g/mol. The summed E-state index contributed by atoms with van der Waals surface area (Å²) in [6.07, 6.45) is 1.63. The van der Waals surface area contributed by atoms with E-state index < -0.39 is 5.54 Å². The number of aromatic nitrogens is 2. The third-order valence-corrected chi connectivity index (χ3v) is 5.14. The molecule has 29 heavy (non-hydrogen) atoms. The minimum atomic E-state index is -0.572. The van der Waals surface area contributed by atoms with Crippen molar-refractivity contribution in [2.24, 2.45) is 0 Å². The number of nitrogens with two attached hydrogens (primary N) is 1. The van der Waals surface area contributed by atoms with Gasteiger partial charge in [0.2, 0.25) is 0 Å². The molecule has 1 amide bonds. The van der Waals surface area contributed by atoms with Crippen LogP contribution in [0.25, 0.3) is 11.1 Å². The fourth-order valence-electron chi connectivity index (χ4n) is 3.18. The minimum Gasteiger partial charge on any atom is -0.467 e. The summed E-state index contributed by atoms with van der Waals surface area (Å²) >= 11 is 5.90. The van der Waals surface area contributed by atoms with E-state index in [4.69, 9.17) is 26.8 Å². The highest BCUT2D eigenvalue weighted by Gasteiger charge is 2.42. The van der Waals surface area contributed by atoms with Gasteiger partial charge in [-0.25, -0.2) is 4.98 Å². The molecule has 1 saturated heterocycles. The van der Waals surface area contributed by atoms with Gasteiger partial charge in [-0.2, -0.15) is 4.98 Å². The Balaban J connectivity index is 1.56. The van der Waals surface area contributed by atoms with Crippen LogP contribution in [0, 0.1) is 0 Å². The number of rotatable bonds is 5. The Morgan fingerprint density at radius 3 is 2.41 bits per heavy atom. The Bertz CT molecular complexity index is 1030. The SMILES string of the molecule is COc1ncc(-c2ccc(C3(NC(=O)c4ccc(Cl)cc4)COC3)cc2)c(N)n1. The normalized spacial score (nSPS) is 14.7. The van der Waals surface area contributed by atoms with Crippen LogP contribution in [0.3, 0.4) is 0 Å². The first-order valence-corrected chi connectivity index (χ1v) is 9.32. The smallest absolute Gasteiger partial charge is 0.318 e. The summed E-state index contributed by atoms with van der Waals surface area (Å²) in [5.41, 5.74) is 8.51. The number of halogens is 1. The summed E-state index contributed by atoms with van der Waals surface area (Å²) in [5.74, 6) is 0.157. The van der Waals surface area contributed by atoms with Gasteiger partial charge in [-0.3, -0.25) is 4.79 Å². The molecule has 3 aromatic rings. The van der Waals surface area contributed by atoms with E-state index >= 15 is 0 Å². The van der Waals surface area contributed by atoms with Gasteiger partial charge in [0.05, 0.1) is 20.3 Å². The van der Waals surface area contributed by atoms with Crippen molar-refractivity contribution >= 4 is 23.3 Å². The molecule has 0 radical (unpaired) electrons. The average molecular weight is 411 g/mol. The second-order valence-corrected chi connectivity index (χ2v) is 7.21. The number of carbonyl (C=O) groups excluding carboxylic acids is 1. The molecule has 148 valence electrons. The zero-order valence-corrected chi connectivity index (χ0v) is 16.4. The van der Waals surface area contributed by atoms with Gasteiger partial charge in [-0.1, -0.05) is 35.9 Å². The van der Waals surface area contributed by atoms with Crippen molar-refractivity contribution in [1.29, 1.82) is 0 Å². The number of nitrogens with zero attached hydrogens (tertiary/aromatic N) is 2. The van der Waals surface area contributed by atoms with E-state index in [-0.39, 0.29) is 11.9 Å². The number of benzene rings is 2. The first-order valence-electron chi connectivity index (χ1n) is 8.94. The molecule has 4 rings (SSSR count).